The second-order valence-electron chi connectivity index (χ2n) is 6.41. The van der Waals surface area contributed by atoms with Crippen molar-refractivity contribution in [1.29, 1.82) is 0 Å². The Labute approximate surface area is 147 Å². The summed E-state index contributed by atoms with van der Waals surface area (Å²) in [5.41, 5.74) is 3.84. The third-order valence-electron chi connectivity index (χ3n) is 4.80. The van der Waals surface area contributed by atoms with Gasteiger partial charge in [-0.05, 0) is 42.2 Å². The maximum atomic E-state index is 6.14. The number of aromatic nitrogens is 1. The topological polar surface area (TPSA) is 28.3 Å². The molecule has 2 aromatic carbocycles. The molecular weight excluding hydrogens is 320 g/mol. The number of fused-ring (bicyclic) bond motifs is 1. The van der Waals surface area contributed by atoms with Crippen molar-refractivity contribution in [1.82, 2.24) is 9.88 Å². The molecule has 124 valence electrons. The van der Waals surface area contributed by atoms with E-state index in [1.165, 1.54) is 16.5 Å². The van der Waals surface area contributed by atoms with Crippen LogP contribution in [0, 0.1) is 0 Å². The second-order valence-corrected chi connectivity index (χ2v) is 6.85. The fourth-order valence-corrected chi connectivity index (χ4v) is 3.63. The molecule has 1 aromatic heterocycles. The molecule has 0 amide bonds. The number of benzene rings is 2. The number of H-pyrrole nitrogens is 1. The molecule has 0 aliphatic carbocycles. The van der Waals surface area contributed by atoms with Crippen molar-refractivity contribution < 1.29 is 4.74 Å². The minimum absolute atomic E-state index is 0.459. The SMILES string of the molecule is Clc1ccc2[nH]cc(CCN3COC[C@@H]3Cc3ccccc3)c2c1. The Balaban J connectivity index is 1.43. The van der Waals surface area contributed by atoms with Gasteiger partial charge in [0.05, 0.1) is 13.3 Å². The Kier molecular flexibility index (Phi) is 4.56. The number of nitrogens with zero attached hydrogens (tertiary/aromatic N) is 1. The molecule has 0 spiro atoms. The zero-order valence-corrected chi connectivity index (χ0v) is 14.3. The van der Waals surface area contributed by atoms with Gasteiger partial charge in [-0.1, -0.05) is 41.9 Å². The van der Waals surface area contributed by atoms with E-state index in [2.05, 4.69) is 46.4 Å². The minimum Gasteiger partial charge on any atom is -0.364 e. The highest BCUT2D eigenvalue weighted by Crippen LogP contribution is 2.24. The lowest BCUT2D eigenvalue weighted by Gasteiger charge is -2.22. The van der Waals surface area contributed by atoms with E-state index in [9.17, 15) is 0 Å². The monoisotopic (exact) mass is 340 g/mol. The highest BCUT2D eigenvalue weighted by atomic mass is 35.5. The highest BCUT2D eigenvalue weighted by molar-refractivity contribution is 6.31. The molecule has 0 radical (unpaired) electrons. The number of hydrogen-bond donors (Lipinski definition) is 1. The Bertz CT molecular complexity index is 815. The zero-order valence-electron chi connectivity index (χ0n) is 13.5. The lowest BCUT2D eigenvalue weighted by atomic mass is 10.1. The molecule has 0 saturated carbocycles. The largest absolute Gasteiger partial charge is 0.364 e. The minimum atomic E-state index is 0.459. The lowest BCUT2D eigenvalue weighted by molar-refractivity contribution is 0.139. The molecular formula is C20H21ClN2O. The van der Waals surface area contributed by atoms with Gasteiger partial charge in [0.25, 0.3) is 0 Å². The molecule has 3 aromatic rings. The number of halogens is 1. The van der Waals surface area contributed by atoms with Gasteiger partial charge in [-0.15, -0.1) is 0 Å². The van der Waals surface area contributed by atoms with E-state index in [0.717, 1.165) is 43.3 Å². The average molecular weight is 341 g/mol. The van der Waals surface area contributed by atoms with Crippen molar-refractivity contribution in [3.63, 3.8) is 0 Å². The van der Waals surface area contributed by atoms with Crippen LogP contribution in [0.1, 0.15) is 11.1 Å². The van der Waals surface area contributed by atoms with Crippen molar-refractivity contribution >= 4 is 22.5 Å². The Morgan fingerprint density at radius 3 is 2.92 bits per heavy atom. The van der Waals surface area contributed by atoms with Crippen molar-refractivity contribution in [3.8, 4) is 0 Å². The fourth-order valence-electron chi connectivity index (χ4n) is 3.46. The molecule has 4 heteroatoms. The van der Waals surface area contributed by atoms with Crippen LogP contribution in [0.4, 0.5) is 0 Å². The van der Waals surface area contributed by atoms with E-state index in [1.807, 2.05) is 18.2 Å². The molecule has 1 saturated heterocycles. The normalized spacial score (nSPS) is 18.5. The lowest BCUT2D eigenvalue weighted by Crippen LogP contribution is -2.34. The van der Waals surface area contributed by atoms with Crippen molar-refractivity contribution in [2.45, 2.75) is 18.9 Å². The molecule has 1 atom stereocenters. The average Bonchev–Trinajstić information content (AvgIpc) is 3.20. The molecule has 0 bridgehead atoms. The quantitative estimate of drug-likeness (QED) is 0.751. The van der Waals surface area contributed by atoms with Gasteiger partial charge in [-0.3, -0.25) is 4.90 Å². The number of ether oxygens (including phenoxy) is 1. The van der Waals surface area contributed by atoms with Crippen molar-refractivity contribution in [3.05, 3.63) is 70.9 Å². The summed E-state index contributed by atoms with van der Waals surface area (Å²) < 4.78 is 5.72. The van der Waals surface area contributed by atoms with E-state index in [1.54, 1.807) is 0 Å². The van der Waals surface area contributed by atoms with Crippen LogP contribution in [0.3, 0.4) is 0 Å². The van der Waals surface area contributed by atoms with Gasteiger partial charge >= 0.3 is 0 Å². The van der Waals surface area contributed by atoms with Gasteiger partial charge in [0.1, 0.15) is 0 Å². The Morgan fingerprint density at radius 2 is 2.04 bits per heavy atom. The predicted molar refractivity (Wildman–Crippen MR) is 98.5 cm³/mol. The van der Waals surface area contributed by atoms with Gasteiger partial charge in [0.15, 0.2) is 0 Å². The summed E-state index contributed by atoms with van der Waals surface area (Å²) in [7, 11) is 0. The van der Waals surface area contributed by atoms with Gasteiger partial charge < -0.3 is 9.72 Å². The first kappa shape index (κ1) is 15.7. The molecule has 0 unspecified atom stereocenters. The maximum Gasteiger partial charge on any atom is 0.0994 e. The second kappa shape index (κ2) is 6.98. The van der Waals surface area contributed by atoms with E-state index < -0.39 is 0 Å². The third-order valence-corrected chi connectivity index (χ3v) is 5.03. The van der Waals surface area contributed by atoms with Crippen LogP contribution >= 0.6 is 11.6 Å². The number of rotatable bonds is 5. The van der Waals surface area contributed by atoms with Gasteiger partial charge in [0, 0.05) is 34.7 Å². The van der Waals surface area contributed by atoms with E-state index in [4.69, 9.17) is 16.3 Å². The summed E-state index contributed by atoms with van der Waals surface area (Å²) in [6, 6.07) is 17.1. The van der Waals surface area contributed by atoms with Crippen LogP contribution in [-0.2, 0) is 17.6 Å². The Morgan fingerprint density at radius 1 is 1.17 bits per heavy atom. The molecule has 3 nitrogen and oxygen atoms in total. The standard InChI is InChI=1S/C20H21ClN2O/c21-17-6-7-20-19(11-17)16(12-22-20)8-9-23-14-24-13-18(23)10-15-4-2-1-3-5-15/h1-7,11-12,18,22H,8-10,13-14H2/t18-/m0/s1. The number of aromatic amines is 1. The zero-order chi connectivity index (χ0) is 16.4. The summed E-state index contributed by atoms with van der Waals surface area (Å²) in [6.07, 6.45) is 4.14. The summed E-state index contributed by atoms with van der Waals surface area (Å²) in [4.78, 5) is 5.77. The van der Waals surface area contributed by atoms with Crippen molar-refractivity contribution in [2.24, 2.45) is 0 Å². The molecule has 1 aliphatic rings. The summed E-state index contributed by atoms with van der Waals surface area (Å²) >= 11 is 6.14. The van der Waals surface area contributed by atoms with Gasteiger partial charge in [-0.2, -0.15) is 0 Å². The molecule has 1 N–H and O–H groups in total. The van der Waals surface area contributed by atoms with Crippen LogP contribution in [-0.4, -0.2) is 35.8 Å². The first-order chi connectivity index (χ1) is 11.8. The van der Waals surface area contributed by atoms with Crippen LogP contribution < -0.4 is 0 Å². The maximum absolute atomic E-state index is 6.14. The molecule has 24 heavy (non-hydrogen) atoms. The fraction of sp³-hybridized carbons (Fsp3) is 0.300. The van der Waals surface area contributed by atoms with Gasteiger partial charge in [-0.25, -0.2) is 0 Å². The van der Waals surface area contributed by atoms with E-state index >= 15 is 0 Å². The smallest absolute Gasteiger partial charge is 0.0994 e. The van der Waals surface area contributed by atoms with Crippen LogP contribution in [0.15, 0.2) is 54.7 Å². The Hall–Kier alpha value is -1.81. The molecule has 4 rings (SSSR count). The van der Waals surface area contributed by atoms with Gasteiger partial charge in [0.2, 0.25) is 0 Å². The van der Waals surface area contributed by atoms with E-state index in [-0.39, 0.29) is 0 Å². The van der Waals surface area contributed by atoms with Crippen LogP contribution in [0.5, 0.6) is 0 Å². The molecule has 2 heterocycles. The predicted octanol–water partition coefficient (Wildman–Crippen LogP) is 4.26. The summed E-state index contributed by atoms with van der Waals surface area (Å²) in [6.45, 7) is 2.53. The van der Waals surface area contributed by atoms with Crippen molar-refractivity contribution in [2.75, 3.05) is 19.9 Å². The number of hydrogen-bond acceptors (Lipinski definition) is 2. The molecule has 1 aliphatic heterocycles. The van der Waals surface area contributed by atoms with E-state index in [0.29, 0.717) is 6.04 Å². The summed E-state index contributed by atoms with van der Waals surface area (Å²) in [5, 5.41) is 2.01. The highest BCUT2D eigenvalue weighted by Gasteiger charge is 2.25. The van der Waals surface area contributed by atoms with Crippen LogP contribution in [0.2, 0.25) is 5.02 Å². The first-order valence-corrected chi connectivity index (χ1v) is 8.78. The summed E-state index contributed by atoms with van der Waals surface area (Å²) in [5.74, 6) is 0. The number of nitrogens with one attached hydrogen (secondary N) is 1. The van der Waals surface area contributed by atoms with Crippen LogP contribution in [0.25, 0.3) is 10.9 Å². The first-order valence-electron chi connectivity index (χ1n) is 8.41. The third kappa shape index (κ3) is 3.34. The molecule has 1 fully saturated rings.